The van der Waals surface area contributed by atoms with Gasteiger partial charge in [0, 0.05) is 6.10 Å². The highest BCUT2D eigenvalue weighted by molar-refractivity contribution is 6.61. The Bertz CT molecular complexity index is 417. The van der Waals surface area contributed by atoms with Crippen LogP contribution in [0.2, 0.25) is 0 Å². The normalized spacial score (nSPS) is 23.8. The molecule has 0 bridgehead atoms. The molecular formula is C13H19BO3. The van der Waals surface area contributed by atoms with Crippen LogP contribution in [0.4, 0.5) is 0 Å². The first kappa shape index (κ1) is 12.5. The molecule has 0 saturated carbocycles. The summed E-state index contributed by atoms with van der Waals surface area (Å²) in [4.78, 5) is 0. The van der Waals surface area contributed by atoms with Gasteiger partial charge in [-0.25, -0.2) is 0 Å². The Morgan fingerprint density at radius 1 is 1.41 bits per heavy atom. The van der Waals surface area contributed by atoms with Crippen molar-refractivity contribution >= 4 is 12.6 Å². The van der Waals surface area contributed by atoms with Crippen molar-refractivity contribution in [2.24, 2.45) is 0 Å². The van der Waals surface area contributed by atoms with Crippen LogP contribution in [0.15, 0.2) is 18.2 Å². The molecule has 2 rings (SSSR count). The van der Waals surface area contributed by atoms with E-state index in [0.29, 0.717) is 5.75 Å². The average Bonchev–Trinajstić information content (AvgIpc) is 2.19. The molecule has 92 valence electrons. The van der Waals surface area contributed by atoms with E-state index in [-0.39, 0.29) is 18.8 Å². The van der Waals surface area contributed by atoms with Crippen molar-refractivity contribution < 1.29 is 14.4 Å². The number of phenolic OH excluding ortho intramolecular Hbond substituents is 1. The summed E-state index contributed by atoms with van der Waals surface area (Å²) in [5.74, 6) is 0.303. The zero-order valence-electron chi connectivity index (χ0n) is 10.9. The van der Waals surface area contributed by atoms with Crippen LogP contribution in [0.3, 0.4) is 0 Å². The van der Waals surface area contributed by atoms with Crippen LogP contribution < -0.4 is 5.46 Å². The first-order valence-electron chi connectivity index (χ1n) is 6.00. The summed E-state index contributed by atoms with van der Waals surface area (Å²) in [6, 6.07) is 5.44. The number of phenols is 1. The lowest BCUT2D eigenvalue weighted by atomic mass is 9.74. The number of hydrogen-bond donors (Lipinski definition) is 1. The van der Waals surface area contributed by atoms with Crippen LogP contribution in [0.1, 0.15) is 32.8 Å². The van der Waals surface area contributed by atoms with Gasteiger partial charge >= 0.3 is 7.12 Å². The first-order valence-corrected chi connectivity index (χ1v) is 6.00. The maximum Gasteiger partial charge on any atom is 0.494 e. The monoisotopic (exact) mass is 234 g/mol. The van der Waals surface area contributed by atoms with Gasteiger partial charge in [0.15, 0.2) is 0 Å². The quantitative estimate of drug-likeness (QED) is 0.755. The summed E-state index contributed by atoms with van der Waals surface area (Å²) < 4.78 is 11.7. The zero-order chi connectivity index (χ0) is 12.6. The van der Waals surface area contributed by atoms with Gasteiger partial charge in [-0.15, -0.1) is 0 Å². The number of hydrogen-bond acceptors (Lipinski definition) is 3. The summed E-state index contributed by atoms with van der Waals surface area (Å²) in [5, 5.41) is 9.52. The number of aryl methyl sites for hydroxylation is 1. The molecular weight excluding hydrogens is 215 g/mol. The van der Waals surface area contributed by atoms with E-state index in [1.54, 1.807) is 6.07 Å². The van der Waals surface area contributed by atoms with Crippen LogP contribution in [0, 0.1) is 6.92 Å². The number of benzene rings is 1. The Morgan fingerprint density at radius 3 is 2.71 bits per heavy atom. The van der Waals surface area contributed by atoms with Gasteiger partial charge in [0.05, 0.1) is 5.60 Å². The van der Waals surface area contributed by atoms with E-state index in [1.165, 1.54) is 0 Å². The number of rotatable bonds is 1. The van der Waals surface area contributed by atoms with Crippen LogP contribution >= 0.6 is 0 Å². The van der Waals surface area contributed by atoms with Crippen molar-refractivity contribution in [1.82, 2.24) is 0 Å². The Balaban J connectivity index is 2.24. The van der Waals surface area contributed by atoms with Crippen LogP contribution in [0.5, 0.6) is 5.75 Å². The lowest BCUT2D eigenvalue weighted by Gasteiger charge is -2.38. The Morgan fingerprint density at radius 2 is 2.12 bits per heavy atom. The second kappa shape index (κ2) is 4.35. The predicted octanol–water partition coefficient (Wildman–Crippen LogP) is 2.00. The van der Waals surface area contributed by atoms with Gasteiger partial charge in [0.2, 0.25) is 0 Å². The largest absolute Gasteiger partial charge is 0.508 e. The van der Waals surface area contributed by atoms with E-state index in [9.17, 15) is 5.11 Å². The average molecular weight is 234 g/mol. The van der Waals surface area contributed by atoms with Crippen molar-refractivity contribution in [2.45, 2.75) is 45.8 Å². The van der Waals surface area contributed by atoms with E-state index in [2.05, 4.69) is 20.8 Å². The molecule has 4 heteroatoms. The van der Waals surface area contributed by atoms with Gasteiger partial charge in [-0.1, -0.05) is 12.1 Å². The van der Waals surface area contributed by atoms with Gasteiger partial charge in [-0.3, -0.25) is 0 Å². The molecule has 1 aliphatic rings. The molecule has 0 aromatic heterocycles. The molecule has 0 radical (unpaired) electrons. The van der Waals surface area contributed by atoms with E-state index in [4.69, 9.17) is 9.31 Å². The lowest BCUT2D eigenvalue weighted by Crippen LogP contribution is -2.51. The fourth-order valence-corrected chi connectivity index (χ4v) is 2.29. The Labute approximate surface area is 103 Å². The maximum absolute atomic E-state index is 9.52. The van der Waals surface area contributed by atoms with Gasteiger partial charge in [-0.2, -0.15) is 0 Å². The van der Waals surface area contributed by atoms with E-state index in [0.717, 1.165) is 17.4 Å². The topological polar surface area (TPSA) is 38.7 Å². The third-order valence-electron chi connectivity index (χ3n) is 3.05. The number of aromatic hydroxyl groups is 1. The molecule has 3 nitrogen and oxygen atoms in total. The third kappa shape index (κ3) is 2.82. The molecule has 1 aliphatic heterocycles. The van der Waals surface area contributed by atoms with Crippen molar-refractivity contribution in [3.63, 3.8) is 0 Å². The van der Waals surface area contributed by atoms with E-state index in [1.807, 2.05) is 19.1 Å². The summed E-state index contributed by atoms with van der Waals surface area (Å²) in [5.41, 5.74) is 1.62. The van der Waals surface area contributed by atoms with Crippen LogP contribution in [-0.2, 0) is 9.31 Å². The molecule has 1 heterocycles. The SMILES string of the molecule is Cc1cc(B2OC(C)CC(C)(C)O2)ccc1O. The third-order valence-corrected chi connectivity index (χ3v) is 3.05. The minimum atomic E-state index is -0.340. The molecule has 1 aromatic rings. The molecule has 1 saturated heterocycles. The highest BCUT2D eigenvalue weighted by Crippen LogP contribution is 2.26. The van der Waals surface area contributed by atoms with Gasteiger partial charge in [0.25, 0.3) is 0 Å². The molecule has 0 aliphatic carbocycles. The van der Waals surface area contributed by atoms with Crippen molar-refractivity contribution in [3.8, 4) is 5.75 Å². The second-order valence-electron chi connectivity index (χ2n) is 5.41. The van der Waals surface area contributed by atoms with Gasteiger partial charge in [0.1, 0.15) is 5.75 Å². The zero-order valence-corrected chi connectivity index (χ0v) is 10.9. The van der Waals surface area contributed by atoms with E-state index >= 15 is 0 Å². The van der Waals surface area contributed by atoms with Gasteiger partial charge in [-0.05, 0) is 51.2 Å². The Kier molecular flexibility index (Phi) is 3.19. The molecule has 1 atom stereocenters. The molecule has 0 amide bonds. The highest BCUT2D eigenvalue weighted by Gasteiger charge is 2.38. The minimum absolute atomic E-state index is 0.172. The summed E-state index contributed by atoms with van der Waals surface area (Å²) >= 11 is 0. The smallest absolute Gasteiger partial charge is 0.494 e. The summed E-state index contributed by atoms with van der Waals surface area (Å²) in [7, 11) is -0.340. The van der Waals surface area contributed by atoms with E-state index < -0.39 is 0 Å². The second-order valence-corrected chi connectivity index (χ2v) is 5.41. The molecule has 1 aromatic carbocycles. The lowest BCUT2D eigenvalue weighted by molar-refractivity contribution is -0.0229. The molecule has 1 unspecified atom stereocenters. The Hall–Kier alpha value is -0.995. The molecule has 1 fully saturated rings. The predicted molar refractivity (Wildman–Crippen MR) is 68.6 cm³/mol. The summed E-state index contributed by atoms with van der Waals surface area (Å²) in [6.45, 7) is 8.08. The molecule has 0 spiro atoms. The van der Waals surface area contributed by atoms with Crippen molar-refractivity contribution in [1.29, 1.82) is 0 Å². The fraction of sp³-hybridized carbons (Fsp3) is 0.538. The van der Waals surface area contributed by atoms with Crippen molar-refractivity contribution in [3.05, 3.63) is 23.8 Å². The minimum Gasteiger partial charge on any atom is -0.508 e. The summed E-state index contributed by atoms with van der Waals surface area (Å²) in [6.07, 6.45) is 1.07. The van der Waals surface area contributed by atoms with Gasteiger partial charge < -0.3 is 14.4 Å². The van der Waals surface area contributed by atoms with Crippen LogP contribution in [-0.4, -0.2) is 23.9 Å². The molecule has 17 heavy (non-hydrogen) atoms. The highest BCUT2D eigenvalue weighted by atomic mass is 16.6. The molecule has 1 N–H and O–H groups in total. The van der Waals surface area contributed by atoms with Crippen LogP contribution in [0.25, 0.3) is 0 Å². The van der Waals surface area contributed by atoms with Crippen molar-refractivity contribution in [2.75, 3.05) is 0 Å². The maximum atomic E-state index is 9.52. The fourth-order valence-electron chi connectivity index (χ4n) is 2.29. The first-order chi connectivity index (χ1) is 7.87. The standard InChI is InChI=1S/C13H19BO3/c1-9-7-11(5-6-12(9)15)14-16-10(2)8-13(3,4)17-14/h5-7,10,15H,8H2,1-4H3.